The summed E-state index contributed by atoms with van der Waals surface area (Å²) in [6.07, 6.45) is 72.4. The zero-order valence-corrected chi connectivity index (χ0v) is 42.2. The molecule has 2 atom stereocenters. The van der Waals surface area contributed by atoms with E-state index in [9.17, 15) is 0 Å². The quantitative estimate of drug-likeness (QED) is 0.0446. The fraction of sp³-hybridized carbons (Fsp3) is 0.860. The van der Waals surface area contributed by atoms with Gasteiger partial charge < -0.3 is 9.80 Å². The maximum absolute atomic E-state index is 2.47. The molecule has 0 aliphatic rings. The Balaban J connectivity index is 0. The van der Waals surface area contributed by atoms with Crippen molar-refractivity contribution >= 4 is 0 Å². The van der Waals surface area contributed by atoms with Gasteiger partial charge in [-0.05, 0) is 118 Å². The molecule has 2 unspecified atom stereocenters. The van der Waals surface area contributed by atoms with Crippen molar-refractivity contribution in [1.82, 2.24) is 9.80 Å². The van der Waals surface area contributed by atoms with Gasteiger partial charge in [-0.3, -0.25) is 0 Å². The number of allylic oxidation sites excluding steroid dienone is 8. The summed E-state index contributed by atoms with van der Waals surface area (Å²) in [6, 6.07) is 1.62. The summed E-state index contributed by atoms with van der Waals surface area (Å²) in [4.78, 5) is 4.93. The smallest absolute Gasteiger partial charge is 0.00891 e. The van der Waals surface area contributed by atoms with Crippen LogP contribution in [0.3, 0.4) is 0 Å². The van der Waals surface area contributed by atoms with Crippen LogP contribution in [0.4, 0.5) is 0 Å². The third-order valence-corrected chi connectivity index (χ3v) is 12.5. The predicted molar refractivity (Wildman–Crippen MR) is 274 cm³/mol. The monoisotopic (exact) mass is 825 g/mol. The summed E-state index contributed by atoms with van der Waals surface area (Å²) in [7, 11) is 9.08. The van der Waals surface area contributed by atoms with E-state index in [1.165, 1.54) is 238 Å². The van der Waals surface area contributed by atoms with Crippen molar-refractivity contribution < 1.29 is 0 Å². The van der Waals surface area contributed by atoms with Crippen LogP contribution in [0.15, 0.2) is 48.6 Å². The molecule has 0 bridgehead atoms. The number of hydrogen-bond acceptors (Lipinski definition) is 2. The summed E-state index contributed by atoms with van der Waals surface area (Å²) in [5.41, 5.74) is 0. The Kier molecular flexibility index (Phi) is 53.9. The molecule has 0 N–H and O–H groups in total. The molecule has 0 heterocycles. The first kappa shape index (κ1) is 60.0. The standard InChI is InChI=1S/C29H57N.C28H55N/c1-5-7-9-11-12-13-14-15-16-17-18-19-20-21-22-24-26-28-29(30(3)4)27-25-23-10-8-6-2;1-5-7-9-11-12-13-14-15-16-17-18-19-20-21-22-23-25-27-28(29(3)4)26-24-10-8-6-2/h12-13,15-16,29H,5-11,14,17-28H2,1-4H3;12-13,15-16,28H,5-11,14,17-27H2,1-4H3/b2*13-12-,16-15-. The molecule has 0 aromatic rings. The molecule has 0 amide bonds. The van der Waals surface area contributed by atoms with Crippen LogP contribution in [0.25, 0.3) is 0 Å². The van der Waals surface area contributed by atoms with Crippen molar-refractivity contribution in [3.63, 3.8) is 0 Å². The minimum atomic E-state index is 0.810. The average molecular weight is 826 g/mol. The molecular formula is C57H112N2. The second-order valence-electron chi connectivity index (χ2n) is 18.7. The van der Waals surface area contributed by atoms with Gasteiger partial charge in [0.05, 0.1) is 0 Å². The van der Waals surface area contributed by atoms with E-state index in [0.717, 1.165) is 24.9 Å². The number of rotatable bonds is 45. The third kappa shape index (κ3) is 51.1. The summed E-state index contributed by atoms with van der Waals surface area (Å²) in [6.45, 7) is 9.14. The van der Waals surface area contributed by atoms with Crippen LogP contribution < -0.4 is 0 Å². The Morgan fingerprint density at radius 2 is 0.458 bits per heavy atom. The summed E-state index contributed by atoms with van der Waals surface area (Å²) >= 11 is 0. The van der Waals surface area contributed by atoms with Gasteiger partial charge in [0.15, 0.2) is 0 Å². The highest BCUT2D eigenvalue weighted by Gasteiger charge is 2.11. The molecule has 2 heteroatoms. The van der Waals surface area contributed by atoms with Crippen LogP contribution in [-0.4, -0.2) is 50.1 Å². The lowest BCUT2D eigenvalue weighted by atomic mass is 9.99. The Morgan fingerprint density at radius 1 is 0.254 bits per heavy atom. The van der Waals surface area contributed by atoms with E-state index >= 15 is 0 Å². The minimum absolute atomic E-state index is 0.810. The van der Waals surface area contributed by atoms with E-state index in [0.29, 0.717) is 0 Å². The lowest BCUT2D eigenvalue weighted by Gasteiger charge is -2.24. The topological polar surface area (TPSA) is 6.48 Å². The summed E-state index contributed by atoms with van der Waals surface area (Å²) in [5.74, 6) is 0. The van der Waals surface area contributed by atoms with Gasteiger partial charge in [0, 0.05) is 12.1 Å². The molecule has 0 aliphatic heterocycles. The van der Waals surface area contributed by atoms with Crippen molar-refractivity contribution in [2.75, 3.05) is 28.2 Å². The van der Waals surface area contributed by atoms with Crippen LogP contribution in [0.2, 0.25) is 0 Å². The molecule has 0 saturated heterocycles. The first-order chi connectivity index (χ1) is 28.9. The largest absolute Gasteiger partial charge is 0.306 e. The first-order valence-electron chi connectivity index (χ1n) is 26.9. The van der Waals surface area contributed by atoms with Crippen molar-refractivity contribution in [3.8, 4) is 0 Å². The molecular weight excluding hydrogens is 713 g/mol. The fourth-order valence-corrected chi connectivity index (χ4v) is 8.20. The number of hydrogen-bond donors (Lipinski definition) is 0. The van der Waals surface area contributed by atoms with Crippen molar-refractivity contribution in [2.24, 2.45) is 0 Å². The van der Waals surface area contributed by atoms with E-state index < -0.39 is 0 Å². The molecule has 0 rings (SSSR count). The molecule has 350 valence electrons. The van der Waals surface area contributed by atoms with Crippen LogP contribution in [-0.2, 0) is 0 Å². The van der Waals surface area contributed by atoms with Crippen LogP contribution in [0, 0.1) is 0 Å². The van der Waals surface area contributed by atoms with Gasteiger partial charge in [0.1, 0.15) is 0 Å². The Bertz CT molecular complexity index is 866. The minimum Gasteiger partial charge on any atom is -0.306 e. The maximum Gasteiger partial charge on any atom is 0.00891 e. The number of unbranched alkanes of at least 4 members (excludes halogenated alkanes) is 27. The Hall–Kier alpha value is -1.12. The predicted octanol–water partition coefficient (Wildman–Crippen LogP) is 19.4. The molecule has 0 radical (unpaired) electrons. The first-order valence-corrected chi connectivity index (χ1v) is 26.9. The Morgan fingerprint density at radius 3 is 0.729 bits per heavy atom. The molecule has 0 aromatic carbocycles. The zero-order chi connectivity index (χ0) is 43.5. The zero-order valence-electron chi connectivity index (χ0n) is 42.2. The average Bonchev–Trinajstić information content (AvgIpc) is 3.23. The second kappa shape index (κ2) is 53.0. The van der Waals surface area contributed by atoms with E-state index in [2.05, 4.69) is 114 Å². The van der Waals surface area contributed by atoms with Gasteiger partial charge in [0.25, 0.3) is 0 Å². The van der Waals surface area contributed by atoms with Gasteiger partial charge in [-0.1, -0.05) is 237 Å². The second-order valence-corrected chi connectivity index (χ2v) is 18.7. The molecule has 0 saturated carbocycles. The highest BCUT2D eigenvalue weighted by atomic mass is 15.1. The third-order valence-electron chi connectivity index (χ3n) is 12.5. The van der Waals surface area contributed by atoms with Gasteiger partial charge >= 0.3 is 0 Å². The number of nitrogens with zero attached hydrogens (tertiary/aromatic N) is 2. The van der Waals surface area contributed by atoms with E-state index in [1.54, 1.807) is 0 Å². The van der Waals surface area contributed by atoms with Crippen LogP contribution >= 0.6 is 0 Å². The molecule has 59 heavy (non-hydrogen) atoms. The molecule has 0 spiro atoms. The summed E-state index contributed by atoms with van der Waals surface area (Å²) < 4.78 is 0. The van der Waals surface area contributed by atoms with Crippen LogP contribution in [0.5, 0.6) is 0 Å². The van der Waals surface area contributed by atoms with Gasteiger partial charge in [0.2, 0.25) is 0 Å². The van der Waals surface area contributed by atoms with E-state index in [-0.39, 0.29) is 0 Å². The maximum atomic E-state index is 2.47. The lowest BCUT2D eigenvalue weighted by Crippen LogP contribution is -2.27. The highest BCUT2D eigenvalue weighted by molar-refractivity contribution is 4.93. The molecule has 0 fully saturated rings. The van der Waals surface area contributed by atoms with Crippen molar-refractivity contribution in [2.45, 2.75) is 290 Å². The van der Waals surface area contributed by atoms with Crippen molar-refractivity contribution in [3.05, 3.63) is 48.6 Å². The highest BCUT2D eigenvalue weighted by Crippen LogP contribution is 2.19. The fourth-order valence-electron chi connectivity index (χ4n) is 8.20. The molecule has 0 aliphatic carbocycles. The molecule has 2 nitrogen and oxygen atoms in total. The SMILES string of the molecule is CCCCC/C=C\C/C=C\CCCCCCCCCC(CCCCCC)N(C)C.CCCCC/C=C\C/C=C\CCCCCCCCCC(CCCCCCC)N(C)C. The summed E-state index contributed by atoms with van der Waals surface area (Å²) in [5, 5.41) is 0. The van der Waals surface area contributed by atoms with Crippen LogP contribution in [0.1, 0.15) is 278 Å². The molecule has 0 aromatic heterocycles. The van der Waals surface area contributed by atoms with Gasteiger partial charge in [-0.15, -0.1) is 0 Å². The Labute approximate surface area is 375 Å². The normalized spacial score (nSPS) is 13.3. The van der Waals surface area contributed by atoms with Gasteiger partial charge in [-0.25, -0.2) is 0 Å². The van der Waals surface area contributed by atoms with Crippen molar-refractivity contribution in [1.29, 1.82) is 0 Å². The van der Waals surface area contributed by atoms with Gasteiger partial charge in [-0.2, -0.15) is 0 Å². The van der Waals surface area contributed by atoms with E-state index in [1.807, 2.05) is 0 Å². The lowest BCUT2D eigenvalue weighted by molar-refractivity contribution is 0.251. The van der Waals surface area contributed by atoms with E-state index in [4.69, 9.17) is 0 Å².